The van der Waals surface area contributed by atoms with Crippen LogP contribution in [0.5, 0.6) is 0 Å². The van der Waals surface area contributed by atoms with Gasteiger partial charge in [-0.25, -0.2) is 0 Å². The molecule has 2 aliphatic heterocycles. The van der Waals surface area contributed by atoms with Gasteiger partial charge in [0, 0.05) is 91.7 Å². The number of aliphatic hydroxyl groups excluding tert-OH is 1. The Bertz CT molecular complexity index is 783. The summed E-state index contributed by atoms with van der Waals surface area (Å²) in [6, 6.07) is -0.659. The Kier molecular flexibility index (Phi) is 21.4. The first kappa shape index (κ1) is 36.8. The Labute approximate surface area is 262 Å². The average molecular weight is 800 g/mol. The molecule has 6 atom stereocenters. The second-order valence-corrected chi connectivity index (χ2v) is 9.44. The fourth-order valence-electron chi connectivity index (χ4n) is 3.90. The Balaban J connectivity index is 0.000000765. The number of aliphatic hydroxyl groups is 1. The third-order valence-electron chi connectivity index (χ3n) is 5.96. The first-order valence-electron chi connectivity index (χ1n) is 13.9. The number of nitrogens with one attached hydrogen (secondary N) is 4. The van der Waals surface area contributed by atoms with Gasteiger partial charge in [0.2, 0.25) is 23.6 Å². The van der Waals surface area contributed by atoms with E-state index < -0.39 is 24.8 Å². The maximum Gasteiger partial charge on any atom is 0.220 e. The Morgan fingerprint density at radius 2 is 1.48 bits per heavy atom. The monoisotopic (exact) mass is 799 g/mol. The molecule has 0 bridgehead atoms. The van der Waals surface area contributed by atoms with E-state index in [1.807, 2.05) is 0 Å². The summed E-state index contributed by atoms with van der Waals surface area (Å²) >= 11 is 0. The molecule has 230 valence electrons. The van der Waals surface area contributed by atoms with Crippen LogP contribution in [0.3, 0.4) is 0 Å². The number of hydrogen-bond donors (Lipinski definition) is 5. The fourth-order valence-corrected chi connectivity index (χ4v) is 3.90. The van der Waals surface area contributed by atoms with E-state index in [2.05, 4.69) is 21.3 Å². The van der Waals surface area contributed by atoms with Gasteiger partial charge < -0.3 is 45.3 Å². The topological polar surface area (TPSA) is 174 Å². The van der Waals surface area contributed by atoms with E-state index in [4.69, 9.17) is 20.3 Å². The normalized spacial score (nSPS) is 25.5. The van der Waals surface area contributed by atoms with Crippen LogP contribution >= 0.6 is 0 Å². The number of carbonyl (C=O) groups excluding carboxylic acids is 4. The minimum absolute atomic E-state index is 0. The van der Waals surface area contributed by atoms with Crippen molar-refractivity contribution in [2.45, 2.75) is 89.2 Å². The van der Waals surface area contributed by atoms with Crippen molar-refractivity contribution in [2.75, 3.05) is 47.1 Å². The zero-order valence-electron chi connectivity index (χ0n) is 25.0. The summed E-state index contributed by atoms with van der Waals surface area (Å²) in [7, 11) is 3.10. The predicted octanol–water partition coefficient (Wildman–Crippen LogP) is -0.442. The number of hydrogen-bond acceptors (Lipinski definition) is 9. The summed E-state index contributed by atoms with van der Waals surface area (Å²) in [6.45, 7) is 5.52. The molecule has 13 nitrogen and oxygen atoms in total. The van der Waals surface area contributed by atoms with E-state index in [1.165, 1.54) is 27.6 Å². The third-order valence-corrected chi connectivity index (χ3v) is 5.96. The van der Waals surface area contributed by atoms with E-state index in [0.29, 0.717) is 39.0 Å². The number of methoxy groups -OCH3 is 2. The van der Waals surface area contributed by atoms with Crippen molar-refractivity contribution >= 4 is 23.6 Å². The molecule has 5 N–H and O–H groups in total. The van der Waals surface area contributed by atoms with Crippen molar-refractivity contribution in [3.05, 3.63) is 6.61 Å². The zero-order valence-corrected chi connectivity index (χ0v) is 28.2. The Morgan fingerprint density at radius 3 is 2.10 bits per heavy atom. The summed E-state index contributed by atoms with van der Waals surface area (Å²) in [5.41, 5.74) is 0. The van der Waals surface area contributed by atoms with Crippen LogP contribution in [0, 0.1) is 37.7 Å². The second kappa shape index (κ2) is 23.3. The van der Waals surface area contributed by atoms with Gasteiger partial charge in [0.05, 0.1) is 32.8 Å². The average Bonchev–Trinajstić information content (AvgIpc) is 3.40. The molecule has 0 aromatic carbocycles. The largest absolute Gasteiger partial charge is 0.544 e. The van der Waals surface area contributed by atoms with Gasteiger partial charge >= 0.3 is 0 Å². The molecule has 14 heteroatoms. The molecule has 4 amide bonds. The molecule has 40 heavy (non-hydrogen) atoms. The molecular formula is C26H47N4O9U-. The maximum atomic E-state index is 11.9. The number of carbonyl (C=O) groups is 4. The van der Waals surface area contributed by atoms with E-state index in [-0.39, 0.29) is 79.9 Å². The molecule has 2 aliphatic rings. The molecule has 2 saturated heterocycles. The van der Waals surface area contributed by atoms with Gasteiger partial charge in [-0.15, -0.1) is 0 Å². The van der Waals surface area contributed by atoms with Crippen LogP contribution in [-0.4, -0.2) is 106 Å². The van der Waals surface area contributed by atoms with Gasteiger partial charge in [0.25, 0.3) is 0 Å². The molecule has 6 unspecified atom stereocenters. The van der Waals surface area contributed by atoms with Crippen molar-refractivity contribution in [3.63, 3.8) is 0 Å². The van der Waals surface area contributed by atoms with Crippen LogP contribution in [0.4, 0.5) is 0 Å². The van der Waals surface area contributed by atoms with Crippen LogP contribution in [0.1, 0.15) is 60.2 Å². The van der Waals surface area contributed by atoms with Crippen molar-refractivity contribution in [1.29, 1.82) is 0 Å². The van der Waals surface area contributed by atoms with Crippen LogP contribution in [0.2, 0.25) is 0 Å². The SMILES string of the molecule is COCC1O[CH-]C(NC(=O)CCCNC(C)=O)C1O.[3H]C1CC(NC(=O)CCCCCNC(C)=O)C(COC)O1.[U]. The van der Waals surface area contributed by atoms with Gasteiger partial charge in [-0.3, -0.25) is 19.2 Å². The summed E-state index contributed by atoms with van der Waals surface area (Å²) in [5, 5.41) is 20.8. The minimum atomic E-state index is -0.806. The summed E-state index contributed by atoms with van der Waals surface area (Å²) in [4.78, 5) is 44.8. The molecular weight excluding hydrogens is 750 g/mol. The van der Waals surface area contributed by atoms with Crippen LogP contribution in [-0.2, 0) is 38.1 Å². The minimum Gasteiger partial charge on any atom is -0.544 e. The first-order chi connectivity index (χ1) is 19.1. The van der Waals surface area contributed by atoms with Crippen molar-refractivity contribution in [1.82, 2.24) is 21.3 Å². The molecule has 0 aromatic rings. The zero-order chi connectivity index (χ0) is 29.9. The van der Waals surface area contributed by atoms with Crippen LogP contribution in [0.15, 0.2) is 0 Å². The maximum absolute atomic E-state index is 11.9. The second-order valence-electron chi connectivity index (χ2n) is 9.44. The summed E-state index contributed by atoms with van der Waals surface area (Å²) < 4.78 is 28.1. The van der Waals surface area contributed by atoms with Gasteiger partial charge in [-0.05, 0) is 31.7 Å². The quantitative estimate of drug-likeness (QED) is 0.103. The van der Waals surface area contributed by atoms with Gasteiger partial charge in [-0.2, -0.15) is 6.61 Å². The predicted molar refractivity (Wildman–Crippen MR) is 142 cm³/mol. The number of ether oxygens (including phenoxy) is 4. The van der Waals surface area contributed by atoms with Crippen molar-refractivity contribution in [3.8, 4) is 0 Å². The molecule has 0 spiro atoms. The van der Waals surface area contributed by atoms with Crippen LogP contribution < -0.4 is 21.3 Å². The molecule has 0 aliphatic carbocycles. The van der Waals surface area contributed by atoms with E-state index in [0.717, 1.165) is 19.3 Å². The van der Waals surface area contributed by atoms with E-state index >= 15 is 0 Å². The smallest absolute Gasteiger partial charge is 0.220 e. The first-order valence-corrected chi connectivity index (χ1v) is 13.4. The molecule has 2 heterocycles. The molecule has 2 fully saturated rings. The standard InChI is InChI=1S/C14H26N2O4.C12H21N2O5.U/c1-11(17)15-8-5-3-4-6-14(18)16-12-7-9-20-13(12)10-19-2;1-8(15)13-5-3-4-11(16)14-9-6-19-10(7-18-2)12(9)17;/h12-13H,3-10H2,1-2H3,(H,15,17)(H,16,18);6,9-10,12,17H,3-5,7H2,1-2H3,(H,13,15)(H,14,16);/q;-1;/i9T;;. The summed E-state index contributed by atoms with van der Waals surface area (Å²) in [5.74, 6) is -0.343. The number of unbranched alkanes of at least 4 members (excludes halogenated alkanes) is 2. The van der Waals surface area contributed by atoms with E-state index in [9.17, 15) is 24.3 Å². The van der Waals surface area contributed by atoms with Crippen molar-refractivity contribution in [2.24, 2.45) is 0 Å². The number of amides is 4. The molecule has 0 aromatic heterocycles. The number of rotatable bonds is 16. The van der Waals surface area contributed by atoms with Gasteiger partial charge in [0.15, 0.2) is 0 Å². The van der Waals surface area contributed by atoms with Crippen LogP contribution in [0.25, 0.3) is 0 Å². The van der Waals surface area contributed by atoms with Crippen molar-refractivity contribution < 1.29 is 75.7 Å². The van der Waals surface area contributed by atoms with Gasteiger partial charge in [-0.1, -0.05) is 6.42 Å². The molecule has 0 saturated carbocycles. The summed E-state index contributed by atoms with van der Waals surface area (Å²) in [6.07, 6.45) is 2.87. The van der Waals surface area contributed by atoms with Gasteiger partial charge in [0.1, 0.15) is 6.10 Å². The fraction of sp³-hybridized carbons (Fsp3) is 0.808. The third kappa shape index (κ3) is 17.5. The Morgan fingerprint density at radius 1 is 0.900 bits per heavy atom. The van der Waals surface area contributed by atoms with E-state index in [1.54, 1.807) is 7.11 Å². The Hall–Kier alpha value is -1.27. The molecule has 2 rings (SSSR count). The molecule has 0 radical (unpaired) electrons.